The molecule has 2 aliphatic heterocycles. The molecule has 1 fully saturated rings. The first kappa shape index (κ1) is 8.95. The number of hydrogen-bond acceptors (Lipinski definition) is 3. The molecule has 0 spiro atoms. The molecule has 1 aromatic rings. The fourth-order valence-electron chi connectivity index (χ4n) is 2.67. The van der Waals surface area contributed by atoms with E-state index in [4.69, 9.17) is 0 Å². The summed E-state index contributed by atoms with van der Waals surface area (Å²) in [6, 6.07) is 2.62. The van der Waals surface area contributed by atoms with Crippen LogP contribution in [0.2, 0.25) is 0 Å². The van der Waals surface area contributed by atoms with E-state index in [1.54, 1.807) is 0 Å². The first-order valence-corrected chi connectivity index (χ1v) is 5.67. The van der Waals surface area contributed by atoms with Crippen molar-refractivity contribution in [1.82, 2.24) is 9.55 Å². The molecule has 1 unspecified atom stereocenters. The van der Waals surface area contributed by atoms with Gasteiger partial charge in [0.1, 0.15) is 5.82 Å². The monoisotopic (exact) mass is 205 g/mol. The zero-order chi connectivity index (χ0) is 10.4. The molecule has 2 aliphatic rings. The van der Waals surface area contributed by atoms with E-state index in [1.165, 1.54) is 12.8 Å². The van der Waals surface area contributed by atoms with Gasteiger partial charge in [0.05, 0.1) is 0 Å². The fourth-order valence-corrected chi connectivity index (χ4v) is 2.67. The van der Waals surface area contributed by atoms with Crippen LogP contribution in [-0.4, -0.2) is 22.1 Å². The topological polar surface area (TPSA) is 38.1 Å². The third kappa shape index (κ3) is 1.20. The first-order chi connectivity index (χ1) is 7.29. The van der Waals surface area contributed by atoms with Gasteiger partial charge in [0.25, 0.3) is 0 Å². The second-order valence-electron chi connectivity index (χ2n) is 4.34. The molecule has 0 aromatic carbocycles. The smallest absolute Gasteiger partial charge is 0.349 e. The molecule has 0 amide bonds. The number of aromatic nitrogens is 2. The lowest BCUT2D eigenvalue weighted by atomic mass is 10.2. The Kier molecular flexibility index (Phi) is 1.84. The first-order valence-electron chi connectivity index (χ1n) is 5.67. The molecule has 0 aliphatic carbocycles. The summed E-state index contributed by atoms with van der Waals surface area (Å²) in [4.78, 5) is 18.2. The third-order valence-electron chi connectivity index (χ3n) is 3.47. The van der Waals surface area contributed by atoms with Crippen LogP contribution in [0.1, 0.15) is 25.5 Å². The largest absolute Gasteiger partial charge is 0.353 e. The predicted octanol–water partition coefficient (Wildman–Crippen LogP) is 0.788. The van der Waals surface area contributed by atoms with Crippen LogP contribution in [0.3, 0.4) is 0 Å². The SMILES string of the molecule is CCc1cc2n(c(=O)n1)CC1CCCN21. The summed E-state index contributed by atoms with van der Waals surface area (Å²) in [5, 5.41) is 0. The van der Waals surface area contributed by atoms with Crippen molar-refractivity contribution in [2.45, 2.75) is 38.8 Å². The van der Waals surface area contributed by atoms with Crippen molar-refractivity contribution in [2.24, 2.45) is 0 Å². The van der Waals surface area contributed by atoms with Gasteiger partial charge in [0.15, 0.2) is 0 Å². The van der Waals surface area contributed by atoms with Gasteiger partial charge < -0.3 is 4.90 Å². The molecule has 0 radical (unpaired) electrons. The highest BCUT2D eigenvalue weighted by Crippen LogP contribution is 2.31. The maximum atomic E-state index is 11.7. The van der Waals surface area contributed by atoms with E-state index >= 15 is 0 Å². The summed E-state index contributed by atoms with van der Waals surface area (Å²) in [5.74, 6) is 1.09. The summed E-state index contributed by atoms with van der Waals surface area (Å²) in [6.07, 6.45) is 3.30. The maximum Gasteiger partial charge on any atom is 0.349 e. The van der Waals surface area contributed by atoms with Crippen LogP contribution in [0.25, 0.3) is 0 Å². The van der Waals surface area contributed by atoms with Crippen LogP contribution in [0, 0.1) is 0 Å². The van der Waals surface area contributed by atoms with Gasteiger partial charge in [-0.1, -0.05) is 6.92 Å². The highest BCUT2D eigenvalue weighted by atomic mass is 16.1. The molecule has 1 atom stereocenters. The number of hydrogen-bond donors (Lipinski definition) is 0. The standard InChI is InChI=1S/C11H15N3O/c1-2-8-6-10-13-5-3-4-9(13)7-14(10)11(15)12-8/h6,9H,2-5,7H2,1H3. The van der Waals surface area contributed by atoms with Crippen molar-refractivity contribution in [3.63, 3.8) is 0 Å². The van der Waals surface area contributed by atoms with E-state index in [-0.39, 0.29) is 5.69 Å². The Morgan fingerprint density at radius 3 is 3.27 bits per heavy atom. The second-order valence-corrected chi connectivity index (χ2v) is 4.34. The summed E-state index contributed by atoms with van der Waals surface area (Å²) in [7, 11) is 0. The minimum atomic E-state index is -0.0706. The van der Waals surface area contributed by atoms with Crippen LogP contribution in [0.5, 0.6) is 0 Å². The number of aryl methyl sites for hydroxylation is 1. The fraction of sp³-hybridized carbons (Fsp3) is 0.636. The van der Waals surface area contributed by atoms with E-state index in [2.05, 4.69) is 16.0 Å². The van der Waals surface area contributed by atoms with Crippen molar-refractivity contribution in [1.29, 1.82) is 0 Å². The molecule has 80 valence electrons. The lowest BCUT2D eigenvalue weighted by Gasteiger charge is -2.16. The number of anilines is 1. The van der Waals surface area contributed by atoms with Crippen molar-refractivity contribution >= 4 is 5.82 Å². The Hall–Kier alpha value is -1.32. The van der Waals surface area contributed by atoms with Gasteiger partial charge in [-0.25, -0.2) is 4.79 Å². The molecule has 3 rings (SSSR count). The van der Waals surface area contributed by atoms with Crippen LogP contribution in [-0.2, 0) is 13.0 Å². The van der Waals surface area contributed by atoms with Crippen molar-refractivity contribution in [3.8, 4) is 0 Å². The number of rotatable bonds is 1. The number of nitrogens with zero attached hydrogens (tertiary/aromatic N) is 3. The van der Waals surface area contributed by atoms with Crippen LogP contribution < -0.4 is 10.6 Å². The Morgan fingerprint density at radius 2 is 2.47 bits per heavy atom. The van der Waals surface area contributed by atoms with Crippen molar-refractivity contribution in [3.05, 3.63) is 22.2 Å². The number of fused-ring (bicyclic) bond motifs is 3. The Morgan fingerprint density at radius 1 is 1.60 bits per heavy atom. The zero-order valence-corrected chi connectivity index (χ0v) is 8.94. The molecule has 15 heavy (non-hydrogen) atoms. The predicted molar refractivity (Wildman–Crippen MR) is 58.2 cm³/mol. The second kappa shape index (κ2) is 3.08. The van der Waals surface area contributed by atoms with E-state index < -0.39 is 0 Å². The van der Waals surface area contributed by atoms with Crippen LogP contribution in [0.4, 0.5) is 5.82 Å². The van der Waals surface area contributed by atoms with Gasteiger partial charge in [-0.15, -0.1) is 0 Å². The molecule has 0 bridgehead atoms. The molecule has 3 heterocycles. The van der Waals surface area contributed by atoms with Gasteiger partial charge in [-0.3, -0.25) is 4.57 Å². The average Bonchev–Trinajstić information content (AvgIpc) is 2.78. The van der Waals surface area contributed by atoms with E-state index in [0.717, 1.165) is 31.0 Å². The zero-order valence-electron chi connectivity index (χ0n) is 8.94. The van der Waals surface area contributed by atoms with E-state index in [1.807, 2.05) is 11.5 Å². The van der Waals surface area contributed by atoms with Gasteiger partial charge in [0, 0.05) is 30.9 Å². The maximum absolute atomic E-state index is 11.7. The minimum Gasteiger partial charge on any atom is -0.353 e. The highest BCUT2D eigenvalue weighted by Gasteiger charge is 2.33. The van der Waals surface area contributed by atoms with Crippen molar-refractivity contribution in [2.75, 3.05) is 11.4 Å². The Bertz CT molecular complexity index is 452. The average molecular weight is 205 g/mol. The summed E-state index contributed by atoms with van der Waals surface area (Å²) < 4.78 is 1.82. The van der Waals surface area contributed by atoms with E-state index in [0.29, 0.717) is 6.04 Å². The third-order valence-corrected chi connectivity index (χ3v) is 3.47. The molecular weight excluding hydrogens is 190 g/mol. The highest BCUT2D eigenvalue weighted by molar-refractivity contribution is 5.46. The summed E-state index contributed by atoms with van der Waals surface area (Å²) >= 11 is 0. The van der Waals surface area contributed by atoms with Gasteiger partial charge in [-0.05, 0) is 19.3 Å². The molecular formula is C11H15N3O. The van der Waals surface area contributed by atoms with E-state index in [9.17, 15) is 4.79 Å². The van der Waals surface area contributed by atoms with Crippen LogP contribution in [0.15, 0.2) is 10.9 Å². The Balaban J connectivity index is 2.14. The molecule has 1 saturated heterocycles. The van der Waals surface area contributed by atoms with Crippen molar-refractivity contribution < 1.29 is 0 Å². The molecule has 1 aromatic heterocycles. The molecule has 4 heteroatoms. The normalized spacial score (nSPS) is 23.0. The quantitative estimate of drug-likeness (QED) is 0.680. The summed E-state index contributed by atoms with van der Waals surface area (Å²) in [6.45, 7) is 3.97. The van der Waals surface area contributed by atoms with Crippen LogP contribution >= 0.6 is 0 Å². The molecule has 0 N–H and O–H groups in total. The van der Waals surface area contributed by atoms with Gasteiger partial charge >= 0.3 is 5.69 Å². The summed E-state index contributed by atoms with van der Waals surface area (Å²) in [5.41, 5.74) is 0.845. The van der Waals surface area contributed by atoms with Gasteiger partial charge in [-0.2, -0.15) is 4.98 Å². The Labute approximate surface area is 88.5 Å². The molecule has 4 nitrogen and oxygen atoms in total. The molecule has 0 saturated carbocycles. The lowest BCUT2D eigenvalue weighted by molar-refractivity contribution is 0.602. The van der Waals surface area contributed by atoms with Gasteiger partial charge in [0.2, 0.25) is 0 Å². The minimum absolute atomic E-state index is 0.0706. The lowest BCUT2D eigenvalue weighted by Crippen LogP contribution is -2.24.